The molecule has 7 nitrogen and oxygen atoms in total. The summed E-state index contributed by atoms with van der Waals surface area (Å²) in [7, 11) is 0. The Morgan fingerprint density at radius 3 is 2.77 bits per heavy atom. The van der Waals surface area contributed by atoms with E-state index in [0.29, 0.717) is 12.1 Å². The van der Waals surface area contributed by atoms with Crippen molar-refractivity contribution in [3.05, 3.63) is 68.7 Å². The van der Waals surface area contributed by atoms with Gasteiger partial charge in [0.1, 0.15) is 5.02 Å². The van der Waals surface area contributed by atoms with E-state index in [-0.39, 0.29) is 22.3 Å². The van der Waals surface area contributed by atoms with E-state index in [1.54, 1.807) is 11.0 Å². The molecule has 0 saturated heterocycles. The number of fused-ring (bicyclic) bond motifs is 1. The van der Waals surface area contributed by atoms with E-state index >= 15 is 0 Å². The predicted molar refractivity (Wildman–Crippen MR) is 101 cm³/mol. The fraction of sp³-hybridized carbons (Fsp3) is 0.167. The summed E-state index contributed by atoms with van der Waals surface area (Å²) in [6, 6.07) is 11.7. The minimum atomic E-state index is -0.565. The van der Waals surface area contributed by atoms with Crippen LogP contribution in [0.4, 0.5) is 11.4 Å². The van der Waals surface area contributed by atoms with Gasteiger partial charge in [-0.15, -0.1) is 5.10 Å². The van der Waals surface area contributed by atoms with E-state index in [0.717, 1.165) is 17.7 Å². The first-order chi connectivity index (χ1) is 12.5. The molecule has 1 aliphatic heterocycles. The molecule has 1 aliphatic rings. The Labute approximate surface area is 154 Å². The summed E-state index contributed by atoms with van der Waals surface area (Å²) in [5.41, 5.74) is 2.06. The number of carbonyl (C=O) groups is 1. The number of anilines is 1. The highest BCUT2D eigenvalue weighted by Crippen LogP contribution is 2.29. The summed E-state index contributed by atoms with van der Waals surface area (Å²) in [6.07, 6.45) is 2.18. The van der Waals surface area contributed by atoms with Gasteiger partial charge in [-0.1, -0.05) is 42.8 Å². The van der Waals surface area contributed by atoms with Gasteiger partial charge in [0.15, 0.2) is 5.71 Å². The van der Waals surface area contributed by atoms with Crippen LogP contribution < -0.4 is 4.90 Å². The van der Waals surface area contributed by atoms with E-state index in [2.05, 4.69) is 10.2 Å². The highest BCUT2D eigenvalue weighted by Gasteiger charge is 2.33. The Bertz CT molecular complexity index is 940. The maximum absolute atomic E-state index is 12.6. The van der Waals surface area contributed by atoms with Crippen molar-refractivity contribution in [2.75, 3.05) is 11.4 Å². The maximum Gasteiger partial charge on any atom is 0.288 e. The second-order valence-electron chi connectivity index (χ2n) is 5.64. The Balaban J connectivity index is 1.91. The van der Waals surface area contributed by atoms with Crippen molar-refractivity contribution in [1.29, 1.82) is 0 Å². The number of hydrogen-bond acceptors (Lipinski definition) is 5. The summed E-state index contributed by atoms with van der Waals surface area (Å²) < 4.78 is 0. The Morgan fingerprint density at radius 2 is 2.04 bits per heavy atom. The molecule has 0 radical (unpaired) electrons. The van der Waals surface area contributed by atoms with E-state index in [1.807, 2.05) is 31.2 Å². The number of amides is 1. The molecule has 2 aromatic carbocycles. The van der Waals surface area contributed by atoms with Crippen LogP contribution in [0, 0.1) is 10.1 Å². The first-order valence-corrected chi connectivity index (χ1v) is 8.37. The predicted octanol–water partition coefficient (Wildman–Crippen LogP) is 3.83. The summed E-state index contributed by atoms with van der Waals surface area (Å²) in [5.74, 6) is -0.202. The Morgan fingerprint density at radius 1 is 1.27 bits per heavy atom. The molecule has 8 heteroatoms. The van der Waals surface area contributed by atoms with Crippen LogP contribution in [-0.4, -0.2) is 29.3 Å². The fourth-order valence-corrected chi connectivity index (χ4v) is 2.89. The average Bonchev–Trinajstić information content (AvgIpc) is 2.89. The number of nitro benzene ring substituents is 1. The van der Waals surface area contributed by atoms with E-state index in [4.69, 9.17) is 11.6 Å². The first kappa shape index (κ1) is 17.8. The molecule has 26 heavy (non-hydrogen) atoms. The third-order valence-corrected chi connectivity index (χ3v) is 4.20. The van der Waals surface area contributed by atoms with Crippen molar-refractivity contribution < 1.29 is 9.72 Å². The van der Waals surface area contributed by atoms with Gasteiger partial charge in [0.25, 0.3) is 11.6 Å². The van der Waals surface area contributed by atoms with Gasteiger partial charge in [0.05, 0.1) is 16.8 Å². The number of para-hydroxylation sites is 1. The van der Waals surface area contributed by atoms with Gasteiger partial charge in [0.2, 0.25) is 0 Å². The van der Waals surface area contributed by atoms with Crippen LogP contribution in [0.1, 0.15) is 24.5 Å². The molecule has 132 valence electrons. The van der Waals surface area contributed by atoms with Gasteiger partial charge in [-0.2, -0.15) is 5.10 Å². The Hall–Kier alpha value is -3.06. The molecule has 2 aromatic rings. The monoisotopic (exact) mass is 370 g/mol. The fourth-order valence-electron chi connectivity index (χ4n) is 2.71. The number of halogens is 1. The highest BCUT2D eigenvalue weighted by atomic mass is 35.5. The summed E-state index contributed by atoms with van der Waals surface area (Å²) in [4.78, 5) is 24.6. The third kappa shape index (κ3) is 3.34. The lowest BCUT2D eigenvalue weighted by molar-refractivity contribution is -0.384. The number of nitrogens with zero attached hydrogens (tertiary/aromatic N) is 4. The first-order valence-electron chi connectivity index (χ1n) is 7.99. The van der Waals surface area contributed by atoms with Crippen LogP contribution in [0.15, 0.2) is 52.7 Å². The summed E-state index contributed by atoms with van der Waals surface area (Å²) in [6.45, 7) is 2.60. The van der Waals surface area contributed by atoms with Gasteiger partial charge in [-0.05, 0) is 18.6 Å². The second kappa shape index (κ2) is 7.45. The lowest BCUT2D eigenvalue weighted by Crippen LogP contribution is -2.30. The van der Waals surface area contributed by atoms with Gasteiger partial charge in [-0.25, -0.2) is 0 Å². The van der Waals surface area contributed by atoms with E-state index < -0.39 is 4.92 Å². The SMILES string of the molecule is CCCN1C(=O)/C(=N/N=C\c2ccc(Cl)c([N+](=O)[O-])c2)c2ccccc21. The largest absolute Gasteiger partial charge is 0.306 e. The van der Waals surface area contributed by atoms with Gasteiger partial charge < -0.3 is 4.90 Å². The van der Waals surface area contributed by atoms with Crippen LogP contribution in [0.25, 0.3) is 0 Å². The van der Waals surface area contributed by atoms with Crippen LogP contribution in [0.2, 0.25) is 5.02 Å². The summed E-state index contributed by atoms with van der Waals surface area (Å²) >= 11 is 5.79. The van der Waals surface area contributed by atoms with Crippen molar-refractivity contribution in [2.45, 2.75) is 13.3 Å². The number of rotatable bonds is 5. The smallest absolute Gasteiger partial charge is 0.288 e. The molecule has 0 unspecified atom stereocenters. The second-order valence-corrected chi connectivity index (χ2v) is 6.04. The molecule has 1 amide bonds. The summed E-state index contributed by atoms with van der Waals surface area (Å²) in [5, 5.41) is 19.0. The van der Waals surface area contributed by atoms with Crippen molar-refractivity contribution >= 4 is 40.8 Å². The maximum atomic E-state index is 12.6. The van der Waals surface area contributed by atoms with Crippen LogP contribution in [-0.2, 0) is 4.79 Å². The number of carbonyl (C=O) groups excluding carboxylic acids is 1. The molecule has 0 aliphatic carbocycles. The van der Waals surface area contributed by atoms with Crippen molar-refractivity contribution in [3.8, 4) is 0 Å². The molecule has 0 saturated carbocycles. The molecule has 0 bridgehead atoms. The third-order valence-electron chi connectivity index (χ3n) is 3.88. The molecule has 0 aromatic heterocycles. The molecule has 0 N–H and O–H groups in total. The minimum Gasteiger partial charge on any atom is -0.306 e. The molecule has 1 heterocycles. The van der Waals surface area contributed by atoms with E-state index in [9.17, 15) is 14.9 Å². The number of hydrogen-bond donors (Lipinski definition) is 0. The Kier molecular flexibility index (Phi) is 5.09. The zero-order valence-corrected chi connectivity index (χ0v) is 14.7. The molecule has 0 fully saturated rings. The lowest BCUT2D eigenvalue weighted by Gasteiger charge is -2.14. The van der Waals surface area contributed by atoms with Gasteiger partial charge >= 0.3 is 0 Å². The van der Waals surface area contributed by atoms with Crippen LogP contribution in [0.3, 0.4) is 0 Å². The standard InChI is InChI=1S/C18H15ClN4O3/c1-2-9-22-15-6-4-3-5-13(15)17(18(22)24)21-20-11-12-7-8-14(19)16(10-12)23(25)26/h3-8,10-11H,2,9H2,1H3/b20-11-,21-17+. The van der Waals surface area contributed by atoms with Crippen molar-refractivity contribution in [2.24, 2.45) is 10.2 Å². The topological polar surface area (TPSA) is 88.2 Å². The molecular formula is C18H15ClN4O3. The van der Waals surface area contributed by atoms with Crippen molar-refractivity contribution in [1.82, 2.24) is 0 Å². The van der Waals surface area contributed by atoms with Crippen LogP contribution >= 0.6 is 11.6 Å². The minimum absolute atomic E-state index is 0.0496. The lowest BCUT2D eigenvalue weighted by atomic mass is 10.1. The molecule has 0 spiro atoms. The molecule has 0 atom stereocenters. The number of benzene rings is 2. The normalized spacial score (nSPS) is 15.1. The molecule has 3 rings (SSSR count). The highest BCUT2D eigenvalue weighted by molar-refractivity contribution is 6.54. The van der Waals surface area contributed by atoms with E-state index in [1.165, 1.54) is 18.3 Å². The van der Waals surface area contributed by atoms with Gasteiger partial charge in [0, 0.05) is 23.7 Å². The van der Waals surface area contributed by atoms with Gasteiger partial charge in [-0.3, -0.25) is 14.9 Å². The molecular weight excluding hydrogens is 356 g/mol. The zero-order chi connectivity index (χ0) is 18.7. The quantitative estimate of drug-likeness (QED) is 0.455. The average molecular weight is 371 g/mol. The van der Waals surface area contributed by atoms with Crippen molar-refractivity contribution in [3.63, 3.8) is 0 Å². The van der Waals surface area contributed by atoms with Crippen LogP contribution in [0.5, 0.6) is 0 Å². The zero-order valence-electron chi connectivity index (χ0n) is 13.9. The number of nitro groups is 1.